The van der Waals surface area contributed by atoms with Crippen LogP contribution in [0.4, 0.5) is 11.4 Å². The highest BCUT2D eigenvalue weighted by Crippen LogP contribution is 2.31. The zero-order valence-electron chi connectivity index (χ0n) is 11.0. The number of hydrogen-bond acceptors (Lipinski definition) is 4. The van der Waals surface area contributed by atoms with Gasteiger partial charge in [-0.25, -0.2) is 4.98 Å². The zero-order chi connectivity index (χ0) is 13.9. The molecule has 5 heteroatoms. The molecule has 1 aliphatic heterocycles. The van der Waals surface area contributed by atoms with Gasteiger partial charge in [0.15, 0.2) is 0 Å². The lowest BCUT2D eigenvalue weighted by Gasteiger charge is -2.21. The molecule has 1 aliphatic rings. The molecule has 0 aliphatic carbocycles. The Bertz CT molecular complexity index is 625. The van der Waals surface area contributed by atoms with E-state index in [0.717, 1.165) is 17.9 Å². The average molecular weight is 269 g/mol. The van der Waals surface area contributed by atoms with E-state index in [4.69, 9.17) is 10.5 Å². The van der Waals surface area contributed by atoms with Crippen LogP contribution in [0.2, 0.25) is 0 Å². The van der Waals surface area contributed by atoms with Gasteiger partial charge in [-0.15, -0.1) is 0 Å². The zero-order valence-corrected chi connectivity index (χ0v) is 11.0. The Morgan fingerprint density at radius 1 is 1.25 bits per heavy atom. The number of pyridine rings is 1. The van der Waals surface area contributed by atoms with Crippen molar-refractivity contribution in [3.63, 3.8) is 0 Å². The van der Waals surface area contributed by atoms with Gasteiger partial charge < -0.3 is 15.4 Å². The number of carbonyl (C=O) groups is 1. The summed E-state index contributed by atoms with van der Waals surface area (Å²) in [5, 5.41) is 0. The van der Waals surface area contributed by atoms with Crippen LogP contribution in [-0.4, -0.2) is 24.0 Å². The second-order valence-electron chi connectivity index (χ2n) is 4.60. The molecule has 0 bridgehead atoms. The van der Waals surface area contributed by atoms with Gasteiger partial charge >= 0.3 is 0 Å². The first-order valence-corrected chi connectivity index (χ1v) is 6.51. The molecule has 2 aromatic rings. The van der Waals surface area contributed by atoms with E-state index in [1.54, 1.807) is 17.0 Å². The van der Waals surface area contributed by atoms with E-state index in [1.807, 2.05) is 24.3 Å². The van der Waals surface area contributed by atoms with Crippen molar-refractivity contribution in [2.75, 3.05) is 23.8 Å². The lowest BCUT2D eigenvalue weighted by Crippen LogP contribution is -2.32. The summed E-state index contributed by atoms with van der Waals surface area (Å²) in [5.41, 5.74) is 7.31. The third kappa shape index (κ3) is 2.30. The van der Waals surface area contributed by atoms with Gasteiger partial charge in [-0.05, 0) is 30.7 Å². The highest BCUT2D eigenvalue weighted by molar-refractivity contribution is 6.05. The largest absolute Gasteiger partial charge is 0.491 e. The minimum absolute atomic E-state index is 0.136. The number of anilines is 2. The van der Waals surface area contributed by atoms with Crippen LogP contribution in [0.3, 0.4) is 0 Å². The van der Waals surface area contributed by atoms with Gasteiger partial charge in [-0.1, -0.05) is 12.1 Å². The highest BCUT2D eigenvalue weighted by Gasteiger charge is 2.23. The van der Waals surface area contributed by atoms with Crippen molar-refractivity contribution in [1.82, 2.24) is 4.98 Å². The third-order valence-electron chi connectivity index (χ3n) is 3.19. The molecule has 1 amide bonds. The minimum Gasteiger partial charge on any atom is -0.491 e. The van der Waals surface area contributed by atoms with Crippen LogP contribution in [0.25, 0.3) is 0 Å². The molecule has 3 rings (SSSR count). The number of aromatic nitrogens is 1. The molecule has 0 atom stereocenters. The number of benzene rings is 1. The summed E-state index contributed by atoms with van der Waals surface area (Å²) in [6.07, 6.45) is 2.28. The molecule has 0 saturated heterocycles. The molecule has 1 aromatic heterocycles. The summed E-state index contributed by atoms with van der Waals surface area (Å²) in [7, 11) is 0. The first-order valence-electron chi connectivity index (χ1n) is 6.51. The highest BCUT2D eigenvalue weighted by atomic mass is 16.5. The Kier molecular flexibility index (Phi) is 3.25. The van der Waals surface area contributed by atoms with E-state index in [2.05, 4.69) is 4.98 Å². The maximum absolute atomic E-state index is 12.6. The molecule has 20 heavy (non-hydrogen) atoms. The van der Waals surface area contributed by atoms with E-state index in [9.17, 15) is 4.79 Å². The second-order valence-corrected chi connectivity index (χ2v) is 4.60. The molecular weight excluding hydrogens is 254 g/mol. The Labute approximate surface area is 117 Å². The van der Waals surface area contributed by atoms with Gasteiger partial charge in [0.25, 0.3) is 5.91 Å². The Morgan fingerprint density at radius 2 is 2.10 bits per heavy atom. The van der Waals surface area contributed by atoms with E-state index < -0.39 is 0 Å². The lowest BCUT2D eigenvalue weighted by atomic mass is 10.2. The number of nitrogen functional groups attached to an aromatic ring is 1. The molecule has 0 radical (unpaired) electrons. The van der Waals surface area contributed by atoms with Crippen LogP contribution in [0.1, 0.15) is 16.9 Å². The van der Waals surface area contributed by atoms with Crippen LogP contribution in [0.5, 0.6) is 5.75 Å². The number of para-hydroxylation sites is 2. The van der Waals surface area contributed by atoms with Crippen LogP contribution in [0.15, 0.2) is 42.6 Å². The molecule has 102 valence electrons. The van der Waals surface area contributed by atoms with E-state index >= 15 is 0 Å². The summed E-state index contributed by atoms with van der Waals surface area (Å²) in [4.78, 5) is 18.4. The van der Waals surface area contributed by atoms with Crippen molar-refractivity contribution in [3.05, 3.63) is 48.3 Å². The van der Waals surface area contributed by atoms with Crippen LogP contribution < -0.4 is 15.4 Å². The number of hydrogen-bond donors (Lipinski definition) is 1. The first-order chi connectivity index (χ1) is 9.75. The third-order valence-corrected chi connectivity index (χ3v) is 3.19. The number of nitrogens with zero attached hydrogens (tertiary/aromatic N) is 2. The van der Waals surface area contributed by atoms with E-state index in [-0.39, 0.29) is 5.91 Å². The Morgan fingerprint density at radius 3 is 2.90 bits per heavy atom. The molecule has 0 unspecified atom stereocenters. The van der Waals surface area contributed by atoms with Gasteiger partial charge in [-0.2, -0.15) is 0 Å². The maximum Gasteiger partial charge on any atom is 0.276 e. The Balaban J connectivity index is 1.97. The number of carbonyl (C=O) groups excluding carboxylic acids is 1. The fourth-order valence-corrected chi connectivity index (χ4v) is 2.21. The predicted molar refractivity (Wildman–Crippen MR) is 76.9 cm³/mol. The van der Waals surface area contributed by atoms with Crippen LogP contribution >= 0.6 is 0 Å². The molecule has 1 aromatic carbocycles. The number of amides is 1. The number of nitrogens with two attached hydrogens (primary N) is 1. The fraction of sp³-hybridized carbons (Fsp3) is 0.200. The first kappa shape index (κ1) is 12.5. The summed E-state index contributed by atoms with van der Waals surface area (Å²) in [6.45, 7) is 1.22. The maximum atomic E-state index is 12.6. The summed E-state index contributed by atoms with van der Waals surface area (Å²) in [5.74, 6) is 0.594. The van der Waals surface area contributed by atoms with Crippen molar-refractivity contribution >= 4 is 17.3 Å². The molecule has 5 nitrogen and oxygen atoms in total. The van der Waals surface area contributed by atoms with Crippen LogP contribution in [-0.2, 0) is 0 Å². The predicted octanol–water partition coefficient (Wildman–Crippen LogP) is 2.09. The smallest absolute Gasteiger partial charge is 0.276 e. The normalized spacial score (nSPS) is 14.1. The van der Waals surface area contributed by atoms with Crippen molar-refractivity contribution in [3.8, 4) is 5.75 Å². The van der Waals surface area contributed by atoms with Gasteiger partial charge in [0.05, 0.1) is 24.2 Å². The monoisotopic (exact) mass is 269 g/mol. The quantitative estimate of drug-likeness (QED) is 0.860. The van der Waals surface area contributed by atoms with Crippen molar-refractivity contribution < 1.29 is 9.53 Å². The second kappa shape index (κ2) is 5.21. The molecular formula is C15H15N3O2. The number of rotatable bonds is 1. The summed E-state index contributed by atoms with van der Waals surface area (Å²) < 4.78 is 5.65. The molecule has 0 spiro atoms. The van der Waals surface area contributed by atoms with E-state index in [1.165, 1.54) is 6.20 Å². The van der Waals surface area contributed by atoms with Crippen LogP contribution in [0, 0.1) is 0 Å². The summed E-state index contributed by atoms with van der Waals surface area (Å²) >= 11 is 0. The van der Waals surface area contributed by atoms with E-state index in [0.29, 0.717) is 24.5 Å². The minimum atomic E-state index is -0.136. The van der Waals surface area contributed by atoms with Gasteiger partial charge in [0.2, 0.25) is 0 Å². The SMILES string of the molecule is Nc1ccc(C(=O)N2CCCOc3ccccc32)nc1. The topological polar surface area (TPSA) is 68.5 Å². The summed E-state index contributed by atoms with van der Waals surface area (Å²) in [6, 6.07) is 10.9. The molecule has 0 saturated carbocycles. The average Bonchev–Trinajstić information content (AvgIpc) is 2.69. The number of fused-ring (bicyclic) bond motifs is 1. The van der Waals surface area contributed by atoms with Crippen molar-refractivity contribution in [2.45, 2.75) is 6.42 Å². The lowest BCUT2D eigenvalue weighted by molar-refractivity contribution is 0.0982. The number of ether oxygens (including phenoxy) is 1. The molecule has 2 heterocycles. The standard InChI is InChI=1S/C15H15N3O2/c16-11-6-7-12(17-10-11)15(19)18-8-3-9-20-14-5-2-1-4-13(14)18/h1-2,4-7,10H,3,8-9,16H2. The van der Waals surface area contributed by atoms with Gasteiger partial charge in [0, 0.05) is 6.54 Å². The molecule has 2 N–H and O–H groups in total. The van der Waals surface area contributed by atoms with Crippen molar-refractivity contribution in [1.29, 1.82) is 0 Å². The molecule has 0 fully saturated rings. The van der Waals surface area contributed by atoms with Gasteiger partial charge in [-0.3, -0.25) is 4.79 Å². The Hall–Kier alpha value is -2.56. The van der Waals surface area contributed by atoms with Crippen molar-refractivity contribution in [2.24, 2.45) is 0 Å². The van der Waals surface area contributed by atoms with Gasteiger partial charge in [0.1, 0.15) is 11.4 Å². The fourth-order valence-electron chi connectivity index (χ4n) is 2.21.